The summed E-state index contributed by atoms with van der Waals surface area (Å²) >= 11 is 0. The average Bonchev–Trinajstić information content (AvgIpc) is 2.86. The zero-order chi connectivity index (χ0) is 23.4. The number of ether oxygens (including phenoxy) is 2. The molecule has 1 aliphatic rings. The van der Waals surface area contributed by atoms with Crippen LogP contribution in [0.1, 0.15) is 35.4 Å². The lowest BCUT2D eigenvalue weighted by molar-refractivity contribution is -0.120. The molecule has 0 heterocycles. The number of aryl methyl sites for hydroxylation is 1. The SMILES string of the molecule is COc1ccc(N(Cc2ccc(N(C)C)cc2)C(=O)C2CCCc3ccc(OC)cc32)cc1.Cl. The van der Waals surface area contributed by atoms with Crippen LogP contribution in [0.25, 0.3) is 0 Å². The van der Waals surface area contributed by atoms with Gasteiger partial charge in [0.25, 0.3) is 0 Å². The number of hydrogen-bond acceptors (Lipinski definition) is 4. The van der Waals surface area contributed by atoms with Gasteiger partial charge < -0.3 is 19.3 Å². The Balaban J connectivity index is 0.00000324. The zero-order valence-corrected chi connectivity index (χ0v) is 21.1. The van der Waals surface area contributed by atoms with Crippen molar-refractivity contribution in [1.29, 1.82) is 0 Å². The molecule has 1 amide bonds. The van der Waals surface area contributed by atoms with Crippen LogP contribution in [0, 0.1) is 0 Å². The average molecular weight is 481 g/mol. The largest absolute Gasteiger partial charge is 0.497 e. The predicted octanol–water partition coefficient (Wildman–Crippen LogP) is 5.84. The van der Waals surface area contributed by atoms with Crippen molar-refractivity contribution in [2.45, 2.75) is 31.7 Å². The highest BCUT2D eigenvalue weighted by Gasteiger charge is 2.31. The summed E-state index contributed by atoms with van der Waals surface area (Å²) in [5.41, 5.74) is 5.42. The molecule has 0 aromatic heterocycles. The predicted molar refractivity (Wildman–Crippen MR) is 141 cm³/mol. The van der Waals surface area contributed by atoms with Crippen molar-refractivity contribution >= 4 is 29.7 Å². The maximum absolute atomic E-state index is 14.0. The molecule has 6 heteroatoms. The molecule has 1 aliphatic carbocycles. The van der Waals surface area contributed by atoms with Crippen LogP contribution in [0.2, 0.25) is 0 Å². The Morgan fingerprint density at radius 3 is 2.12 bits per heavy atom. The second-order valence-electron chi connectivity index (χ2n) is 8.69. The van der Waals surface area contributed by atoms with Crippen LogP contribution in [0.3, 0.4) is 0 Å². The van der Waals surface area contributed by atoms with Gasteiger partial charge in [-0.15, -0.1) is 12.4 Å². The topological polar surface area (TPSA) is 42.0 Å². The number of benzene rings is 3. The van der Waals surface area contributed by atoms with Gasteiger partial charge in [0.15, 0.2) is 0 Å². The molecule has 0 N–H and O–H groups in total. The quantitative estimate of drug-likeness (QED) is 0.425. The van der Waals surface area contributed by atoms with Gasteiger partial charge >= 0.3 is 0 Å². The highest BCUT2D eigenvalue weighted by atomic mass is 35.5. The highest BCUT2D eigenvalue weighted by Crippen LogP contribution is 2.37. The molecule has 5 nitrogen and oxygen atoms in total. The molecule has 1 unspecified atom stereocenters. The number of amides is 1. The van der Waals surface area contributed by atoms with Gasteiger partial charge in [-0.3, -0.25) is 4.79 Å². The second-order valence-corrected chi connectivity index (χ2v) is 8.69. The van der Waals surface area contributed by atoms with Gasteiger partial charge in [-0.05, 0) is 84.5 Å². The van der Waals surface area contributed by atoms with E-state index < -0.39 is 0 Å². The Bertz CT molecular complexity index is 1100. The molecule has 0 radical (unpaired) electrons. The first-order chi connectivity index (χ1) is 16.0. The normalized spacial score (nSPS) is 14.4. The molecular formula is C28H33ClN2O3. The first kappa shape index (κ1) is 25.4. The van der Waals surface area contributed by atoms with Gasteiger partial charge in [-0.2, -0.15) is 0 Å². The molecule has 0 aliphatic heterocycles. The minimum Gasteiger partial charge on any atom is -0.497 e. The molecule has 4 rings (SSSR count). The molecule has 180 valence electrons. The fraction of sp³-hybridized carbons (Fsp3) is 0.321. The van der Waals surface area contributed by atoms with Gasteiger partial charge in [-0.1, -0.05) is 18.2 Å². The monoisotopic (exact) mass is 480 g/mol. The third kappa shape index (κ3) is 5.48. The van der Waals surface area contributed by atoms with E-state index in [1.54, 1.807) is 14.2 Å². The maximum atomic E-state index is 14.0. The Morgan fingerprint density at radius 2 is 1.50 bits per heavy atom. The Kier molecular flexibility index (Phi) is 8.46. The lowest BCUT2D eigenvalue weighted by Crippen LogP contribution is -2.36. The van der Waals surface area contributed by atoms with E-state index in [9.17, 15) is 4.79 Å². The fourth-order valence-electron chi connectivity index (χ4n) is 4.49. The lowest BCUT2D eigenvalue weighted by Gasteiger charge is -2.31. The van der Waals surface area contributed by atoms with E-state index in [4.69, 9.17) is 9.47 Å². The van der Waals surface area contributed by atoms with Gasteiger partial charge in [0.2, 0.25) is 5.91 Å². The highest BCUT2D eigenvalue weighted by molar-refractivity contribution is 5.98. The number of nitrogens with zero attached hydrogens (tertiary/aromatic N) is 2. The van der Waals surface area contributed by atoms with Gasteiger partial charge in [0, 0.05) is 25.5 Å². The van der Waals surface area contributed by atoms with E-state index in [1.807, 2.05) is 55.4 Å². The van der Waals surface area contributed by atoms with Crippen LogP contribution in [-0.4, -0.2) is 34.2 Å². The molecule has 0 spiro atoms. The van der Waals surface area contributed by atoms with E-state index in [-0.39, 0.29) is 24.2 Å². The second kappa shape index (κ2) is 11.3. The number of anilines is 2. The molecule has 0 bridgehead atoms. The number of hydrogen-bond donors (Lipinski definition) is 0. The first-order valence-corrected chi connectivity index (χ1v) is 11.4. The van der Waals surface area contributed by atoms with E-state index in [0.29, 0.717) is 6.54 Å². The minimum absolute atomic E-state index is 0. The smallest absolute Gasteiger partial charge is 0.234 e. The summed E-state index contributed by atoms with van der Waals surface area (Å²) in [6.07, 6.45) is 2.84. The first-order valence-electron chi connectivity index (χ1n) is 11.4. The fourth-order valence-corrected chi connectivity index (χ4v) is 4.49. The van der Waals surface area contributed by atoms with E-state index in [1.165, 1.54) is 5.56 Å². The molecule has 3 aromatic rings. The molecular weight excluding hydrogens is 448 g/mol. The Hall–Kier alpha value is -3.18. The van der Waals surface area contributed by atoms with Crippen molar-refractivity contribution in [3.8, 4) is 11.5 Å². The minimum atomic E-state index is -0.188. The number of carbonyl (C=O) groups excluding carboxylic acids is 1. The third-order valence-electron chi connectivity index (χ3n) is 6.41. The van der Waals surface area contributed by atoms with E-state index in [0.717, 1.165) is 53.3 Å². The molecule has 0 saturated heterocycles. The Morgan fingerprint density at radius 1 is 0.882 bits per heavy atom. The molecule has 3 aromatic carbocycles. The summed E-state index contributed by atoms with van der Waals surface area (Å²) in [6, 6.07) is 22.2. The molecule has 1 atom stereocenters. The van der Waals surface area contributed by atoms with Crippen molar-refractivity contribution in [1.82, 2.24) is 0 Å². The van der Waals surface area contributed by atoms with Crippen LogP contribution in [-0.2, 0) is 17.8 Å². The van der Waals surface area contributed by atoms with Crippen LogP contribution in [0.5, 0.6) is 11.5 Å². The maximum Gasteiger partial charge on any atom is 0.234 e. The van der Waals surface area contributed by atoms with Crippen molar-refractivity contribution in [2.75, 3.05) is 38.1 Å². The van der Waals surface area contributed by atoms with Crippen LogP contribution < -0.4 is 19.3 Å². The standard InChI is InChI=1S/C28H32N2O3.ClH/c1-29(2)22-11-8-20(9-12-22)19-30(23-13-16-24(32-3)17-14-23)28(31)26-7-5-6-21-10-15-25(33-4)18-27(21)26;/h8-18,26H,5-7,19H2,1-4H3;1H. The molecule has 34 heavy (non-hydrogen) atoms. The Labute approximate surface area is 208 Å². The van der Waals surface area contributed by atoms with Crippen LogP contribution in [0.15, 0.2) is 66.7 Å². The van der Waals surface area contributed by atoms with Gasteiger partial charge in [0.05, 0.1) is 26.7 Å². The number of carbonyl (C=O) groups is 1. The van der Waals surface area contributed by atoms with Crippen molar-refractivity contribution in [3.63, 3.8) is 0 Å². The summed E-state index contributed by atoms with van der Waals surface area (Å²) in [5, 5.41) is 0. The zero-order valence-electron chi connectivity index (χ0n) is 20.3. The summed E-state index contributed by atoms with van der Waals surface area (Å²) in [4.78, 5) is 18.0. The van der Waals surface area contributed by atoms with Crippen molar-refractivity contribution in [2.24, 2.45) is 0 Å². The number of fused-ring (bicyclic) bond motifs is 1. The molecule has 0 saturated carbocycles. The summed E-state index contributed by atoms with van der Waals surface area (Å²) in [7, 11) is 7.37. The number of rotatable bonds is 7. The summed E-state index contributed by atoms with van der Waals surface area (Å²) in [5.74, 6) is 1.50. The van der Waals surface area contributed by atoms with Crippen LogP contribution >= 0.6 is 12.4 Å². The number of methoxy groups -OCH3 is 2. The van der Waals surface area contributed by atoms with Crippen molar-refractivity contribution in [3.05, 3.63) is 83.4 Å². The van der Waals surface area contributed by atoms with E-state index in [2.05, 4.69) is 35.2 Å². The van der Waals surface area contributed by atoms with Crippen LogP contribution in [0.4, 0.5) is 11.4 Å². The summed E-state index contributed by atoms with van der Waals surface area (Å²) in [6.45, 7) is 0.509. The van der Waals surface area contributed by atoms with E-state index >= 15 is 0 Å². The third-order valence-corrected chi connectivity index (χ3v) is 6.41. The van der Waals surface area contributed by atoms with Gasteiger partial charge in [-0.25, -0.2) is 0 Å². The van der Waals surface area contributed by atoms with Gasteiger partial charge in [0.1, 0.15) is 11.5 Å². The van der Waals surface area contributed by atoms with Crippen molar-refractivity contribution < 1.29 is 14.3 Å². The lowest BCUT2D eigenvalue weighted by atomic mass is 9.81. The summed E-state index contributed by atoms with van der Waals surface area (Å²) < 4.78 is 10.8. The number of halogens is 1. The molecule has 0 fully saturated rings.